The lowest BCUT2D eigenvalue weighted by Crippen LogP contribution is -2.54. The fraction of sp³-hybridized carbons (Fsp3) is 0.214. The molecule has 0 bridgehead atoms. The van der Waals surface area contributed by atoms with Gasteiger partial charge in [0.05, 0.1) is 0 Å². The number of ether oxygens (including phenoxy) is 2. The first kappa shape index (κ1) is 28.5. The van der Waals surface area contributed by atoms with E-state index in [2.05, 4.69) is 0 Å². The minimum Gasteiger partial charge on any atom is -0.462 e. The lowest BCUT2D eigenvalue weighted by Gasteiger charge is -2.38. The normalized spacial score (nSPS) is 13.4. The monoisotopic (exact) mass is 536 g/mol. The molecule has 0 saturated heterocycles. The van der Waals surface area contributed by atoms with Gasteiger partial charge in [-0.15, -0.1) is 0 Å². The Morgan fingerprint density at radius 3 is 1.53 bits per heavy atom. The number of hydrogen-bond donors (Lipinski definition) is 2. The minimum absolute atomic E-state index is 0.0717. The lowest BCUT2D eigenvalue weighted by atomic mass is 9.74. The molecule has 38 heavy (non-hydrogen) atoms. The first-order valence-corrected chi connectivity index (χ1v) is 11.4. The van der Waals surface area contributed by atoms with E-state index in [4.69, 9.17) is 20.9 Å². The van der Waals surface area contributed by atoms with Crippen molar-refractivity contribution in [3.8, 4) is 17.2 Å². The summed E-state index contributed by atoms with van der Waals surface area (Å²) in [6.45, 7) is 2.73. The molecule has 0 aromatic heterocycles. The van der Waals surface area contributed by atoms with Gasteiger partial charge in [0.1, 0.15) is 23.0 Å². The Kier molecular flexibility index (Phi) is 8.34. The maximum Gasteiger partial charge on any atom is 0.407 e. The zero-order chi connectivity index (χ0) is 28.1. The molecule has 0 aliphatic heterocycles. The van der Waals surface area contributed by atoms with Gasteiger partial charge in [-0.2, -0.15) is 26.3 Å². The molecule has 4 N–H and O–H groups in total. The molecule has 0 amide bonds. The second-order valence-electron chi connectivity index (χ2n) is 8.73. The third kappa shape index (κ3) is 6.62. The number of halogens is 6. The summed E-state index contributed by atoms with van der Waals surface area (Å²) in [7, 11) is 0. The van der Waals surface area contributed by atoms with Gasteiger partial charge in [0.25, 0.3) is 0 Å². The van der Waals surface area contributed by atoms with E-state index >= 15 is 0 Å². The topological polar surface area (TPSA) is 70.5 Å². The summed E-state index contributed by atoms with van der Waals surface area (Å²) in [6.07, 6.45) is -10.1. The van der Waals surface area contributed by atoms with Crippen LogP contribution in [0.5, 0.6) is 17.2 Å². The number of alkyl halides is 6. The quantitative estimate of drug-likeness (QED) is 0.131. The Bertz CT molecular complexity index is 1260. The van der Waals surface area contributed by atoms with Crippen LogP contribution in [0.3, 0.4) is 0 Å². The van der Waals surface area contributed by atoms with E-state index < -0.39 is 29.8 Å². The van der Waals surface area contributed by atoms with E-state index in [0.717, 1.165) is 24.3 Å². The largest absolute Gasteiger partial charge is 0.462 e. The first-order chi connectivity index (χ1) is 17.7. The third-order valence-electron chi connectivity index (χ3n) is 5.74. The molecule has 0 saturated carbocycles. The molecule has 0 aliphatic rings. The second-order valence-corrected chi connectivity index (χ2v) is 8.73. The SMILES string of the molecule is C/C(=C\C=C(/C)Oc1ccc(N)cc1)CC(c1ccc(Oc2ccc(N)cc2)cc1)(C(F)(F)F)C(F)(F)F. The van der Waals surface area contributed by atoms with Gasteiger partial charge in [0.2, 0.25) is 0 Å². The molecule has 3 aromatic rings. The number of hydrogen-bond acceptors (Lipinski definition) is 4. The highest BCUT2D eigenvalue weighted by Gasteiger charge is 2.71. The molecule has 4 nitrogen and oxygen atoms in total. The van der Waals surface area contributed by atoms with Crippen molar-refractivity contribution in [1.82, 2.24) is 0 Å². The zero-order valence-electron chi connectivity index (χ0n) is 20.5. The number of nitrogen functional groups attached to an aromatic ring is 2. The molecular formula is C28H26F6N2O2. The Morgan fingerprint density at radius 1 is 0.658 bits per heavy atom. The summed E-state index contributed by atoms with van der Waals surface area (Å²) in [6, 6.07) is 16.2. The van der Waals surface area contributed by atoms with Crippen LogP contribution in [0.25, 0.3) is 0 Å². The summed E-state index contributed by atoms with van der Waals surface area (Å²) in [5.74, 6) is 1.08. The molecule has 0 spiro atoms. The standard InChI is InChI=1S/C28H26F6N2O2/c1-18(3-4-19(2)37-23-13-7-21(35)8-14-23)17-26(27(29,30)31,28(32,33)34)20-5-11-24(12-6-20)38-25-15-9-22(36)10-16-25/h3-16H,17,35-36H2,1-2H3/b18-3+,19-4+. The van der Waals surface area contributed by atoms with Crippen molar-refractivity contribution in [2.45, 2.75) is 38.0 Å². The van der Waals surface area contributed by atoms with Gasteiger partial charge in [-0.1, -0.05) is 23.8 Å². The fourth-order valence-electron chi connectivity index (χ4n) is 3.76. The number of allylic oxidation sites excluding steroid dienone is 4. The van der Waals surface area contributed by atoms with Gasteiger partial charge in [-0.3, -0.25) is 0 Å². The molecule has 0 unspecified atom stereocenters. The molecule has 0 atom stereocenters. The van der Waals surface area contributed by atoms with Crippen LogP contribution in [-0.2, 0) is 5.41 Å². The molecule has 3 aromatic carbocycles. The molecule has 0 aliphatic carbocycles. The third-order valence-corrected chi connectivity index (χ3v) is 5.74. The average molecular weight is 537 g/mol. The van der Waals surface area contributed by atoms with Crippen molar-refractivity contribution in [2.24, 2.45) is 0 Å². The van der Waals surface area contributed by atoms with Crippen LogP contribution in [0.1, 0.15) is 25.8 Å². The van der Waals surface area contributed by atoms with E-state index in [-0.39, 0.29) is 17.1 Å². The second kappa shape index (κ2) is 11.1. The highest BCUT2D eigenvalue weighted by Crippen LogP contribution is 2.55. The number of rotatable bonds is 8. The van der Waals surface area contributed by atoms with Gasteiger partial charge < -0.3 is 20.9 Å². The molecule has 202 valence electrons. The van der Waals surface area contributed by atoms with Crippen LogP contribution < -0.4 is 20.9 Å². The predicted molar refractivity (Wildman–Crippen MR) is 135 cm³/mol. The maximum atomic E-state index is 14.3. The average Bonchev–Trinajstić information content (AvgIpc) is 2.83. The van der Waals surface area contributed by atoms with Crippen molar-refractivity contribution in [3.05, 3.63) is 102 Å². The van der Waals surface area contributed by atoms with Crippen molar-refractivity contribution in [3.63, 3.8) is 0 Å². The van der Waals surface area contributed by atoms with Crippen molar-refractivity contribution >= 4 is 11.4 Å². The summed E-state index contributed by atoms with van der Waals surface area (Å²) in [5.41, 5.74) is 6.94. The van der Waals surface area contributed by atoms with Crippen LogP contribution in [-0.4, -0.2) is 12.4 Å². The van der Waals surface area contributed by atoms with Crippen molar-refractivity contribution in [1.29, 1.82) is 0 Å². The predicted octanol–water partition coefficient (Wildman–Crippen LogP) is 8.32. The molecule has 3 rings (SSSR count). The first-order valence-electron chi connectivity index (χ1n) is 11.4. The van der Waals surface area contributed by atoms with E-state index in [1.54, 1.807) is 36.4 Å². The smallest absolute Gasteiger partial charge is 0.407 e. The molecule has 0 radical (unpaired) electrons. The molecule has 0 heterocycles. The van der Waals surface area contributed by atoms with Crippen LogP contribution in [0.15, 0.2) is 96.3 Å². The molecular weight excluding hydrogens is 510 g/mol. The van der Waals surface area contributed by atoms with Crippen LogP contribution in [0.4, 0.5) is 37.7 Å². The van der Waals surface area contributed by atoms with Gasteiger partial charge in [-0.05, 0) is 92.6 Å². The van der Waals surface area contributed by atoms with Gasteiger partial charge >= 0.3 is 12.4 Å². The van der Waals surface area contributed by atoms with Gasteiger partial charge in [0, 0.05) is 11.4 Å². The lowest BCUT2D eigenvalue weighted by molar-refractivity contribution is -0.303. The summed E-state index contributed by atoms with van der Waals surface area (Å²) in [4.78, 5) is 0. The van der Waals surface area contributed by atoms with Crippen LogP contribution >= 0.6 is 0 Å². The van der Waals surface area contributed by atoms with Crippen LogP contribution in [0, 0.1) is 0 Å². The van der Waals surface area contributed by atoms with E-state index in [9.17, 15) is 26.3 Å². The Morgan fingerprint density at radius 2 is 1.08 bits per heavy atom. The number of nitrogens with two attached hydrogens (primary N) is 2. The minimum atomic E-state index is -5.64. The Hall–Kier alpha value is -4.08. The summed E-state index contributed by atoms with van der Waals surface area (Å²) in [5, 5.41) is 0. The van der Waals surface area contributed by atoms with E-state index in [1.165, 1.54) is 38.1 Å². The van der Waals surface area contributed by atoms with E-state index in [0.29, 0.717) is 22.9 Å². The van der Waals surface area contributed by atoms with Crippen LogP contribution in [0.2, 0.25) is 0 Å². The Balaban J connectivity index is 1.90. The van der Waals surface area contributed by atoms with Crippen molar-refractivity contribution in [2.75, 3.05) is 11.5 Å². The van der Waals surface area contributed by atoms with Crippen molar-refractivity contribution < 1.29 is 35.8 Å². The highest BCUT2D eigenvalue weighted by molar-refractivity contribution is 5.44. The molecule has 0 fully saturated rings. The van der Waals surface area contributed by atoms with E-state index in [1.807, 2.05) is 0 Å². The van der Waals surface area contributed by atoms with Gasteiger partial charge in [-0.25, -0.2) is 0 Å². The molecule has 10 heteroatoms. The zero-order valence-corrected chi connectivity index (χ0v) is 20.5. The summed E-state index contributed by atoms with van der Waals surface area (Å²) >= 11 is 0. The fourth-order valence-corrected chi connectivity index (χ4v) is 3.76. The maximum absolute atomic E-state index is 14.3. The number of benzene rings is 3. The van der Waals surface area contributed by atoms with Gasteiger partial charge in [0.15, 0.2) is 5.41 Å². The Labute approximate surface area is 216 Å². The number of anilines is 2. The summed E-state index contributed by atoms with van der Waals surface area (Å²) < 4.78 is 96.7. The highest BCUT2D eigenvalue weighted by atomic mass is 19.4.